The number of hydrogen-bond donors (Lipinski definition) is 2. The molecule has 0 aliphatic heterocycles. The Hall–Kier alpha value is -0.830. The monoisotopic (exact) mass is 286 g/mol. The van der Waals surface area contributed by atoms with Gasteiger partial charge >= 0.3 is 0 Å². The first-order valence-electron chi connectivity index (χ1n) is 5.43. The Morgan fingerprint density at radius 3 is 2.94 bits per heavy atom. The molecule has 0 aliphatic carbocycles. The van der Waals surface area contributed by atoms with Gasteiger partial charge in [-0.3, -0.25) is 15.3 Å². The molecule has 18 heavy (non-hydrogen) atoms. The van der Waals surface area contributed by atoms with Crippen molar-refractivity contribution in [3.05, 3.63) is 38.0 Å². The van der Waals surface area contributed by atoms with E-state index in [0.29, 0.717) is 6.42 Å². The van der Waals surface area contributed by atoms with E-state index >= 15 is 0 Å². The van der Waals surface area contributed by atoms with Crippen LogP contribution in [0.1, 0.15) is 20.5 Å². The topological polar surface area (TPSA) is 65.8 Å². The Morgan fingerprint density at radius 1 is 1.44 bits per heavy atom. The Balaban J connectivity index is 1.94. The van der Waals surface area contributed by atoms with Gasteiger partial charge in [0.25, 0.3) is 0 Å². The standard InChI is InChI=1S/C11H14N2O3S2/c1-8-10(4-5-16-13(14)15)18-11(12-8)7-9-3-2-6-17-9/h2-3,6,14-15H,4-5,7H2,1H3. The summed E-state index contributed by atoms with van der Waals surface area (Å²) in [5.74, 6) is 0. The van der Waals surface area contributed by atoms with Gasteiger partial charge in [-0.05, 0) is 18.4 Å². The average molecular weight is 286 g/mol. The van der Waals surface area contributed by atoms with Crippen LogP contribution in [-0.4, -0.2) is 27.4 Å². The number of thiazole rings is 1. The Bertz CT molecular complexity index is 482. The second-order valence-electron chi connectivity index (χ2n) is 3.71. The fourth-order valence-electron chi connectivity index (χ4n) is 1.58. The molecule has 2 aromatic heterocycles. The molecule has 0 saturated carbocycles. The highest BCUT2D eigenvalue weighted by molar-refractivity contribution is 7.12. The summed E-state index contributed by atoms with van der Waals surface area (Å²) in [5.41, 5.74) is 0.984. The predicted molar refractivity (Wildman–Crippen MR) is 69.0 cm³/mol. The molecule has 0 unspecified atom stereocenters. The lowest BCUT2D eigenvalue weighted by molar-refractivity contribution is -0.492. The molecule has 0 aliphatic rings. The smallest absolute Gasteiger partial charge is 0.0983 e. The Labute approximate surface area is 113 Å². The molecule has 0 atom stereocenters. The highest BCUT2D eigenvalue weighted by Crippen LogP contribution is 2.23. The van der Waals surface area contributed by atoms with Gasteiger partial charge in [0.15, 0.2) is 0 Å². The third kappa shape index (κ3) is 3.84. The SMILES string of the molecule is Cc1nc(Cc2cccs2)sc1CCON(O)O. The van der Waals surface area contributed by atoms with Crippen molar-refractivity contribution in [1.82, 2.24) is 10.4 Å². The number of nitrogens with zero attached hydrogens (tertiary/aromatic N) is 2. The van der Waals surface area contributed by atoms with Crippen LogP contribution in [0.5, 0.6) is 0 Å². The number of thiophene rings is 1. The maximum absolute atomic E-state index is 8.43. The third-order valence-corrected chi connectivity index (χ3v) is 4.47. The van der Waals surface area contributed by atoms with Gasteiger partial charge in [-0.2, -0.15) is 0 Å². The molecule has 2 rings (SSSR count). The van der Waals surface area contributed by atoms with Crippen molar-refractivity contribution in [2.24, 2.45) is 0 Å². The summed E-state index contributed by atoms with van der Waals surface area (Å²) in [5, 5.41) is 19.7. The first kappa shape index (κ1) is 13.6. The van der Waals surface area contributed by atoms with E-state index in [4.69, 9.17) is 10.4 Å². The normalized spacial score (nSPS) is 11.3. The second kappa shape index (κ2) is 6.37. The van der Waals surface area contributed by atoms with Crippen molar-refractivity contribution in [2.45, 2.75) is 19.8 Å². The highest BCUT2D eigenvalue weighted by atomic mass is 32.1. The zero-order valence-electron chi connectivity index (χ0n) is 9.87. The minimum Gasteiger partial charge on any atom is -0.266 e. The van der Waals surface area contributed by atoms with Crippen LogP contribution in [0.4, 0.5) is 0 Å². The zero-order valence-corrected chi connectivity index (χ0v) is 11.5. The van der Waals surface area contributed by atoms with Crippen LogP contribution < -0.4 is 0 Å². The van der Waals surface area contributed by atoms with Gasteiger partial charge in [-0.25, -0.2) is 4.98 Å². The summed E-state index contributed by atoms with van der Waals surface area (Å²) in [7, 11) is 0. The Morgan fingerprint density at radius 2 is 2.28 bits per heavy atom. The van der Waals surface area contributed by atoms with E-state index in [1.54, 1.807) is 22.7 Å². The lowest BCUT2D eigenvalue weighted by atomic mass is 10.3. The van der Waals surface area contributed by atoms with Gasteiger partial charge in [0.1, 0.15) is 0 Å². The van der Waals surface area contributed by atoms with Crippen LogP contribution in [0, 0.1) is 6.92 Å². The summed E-state index contributed by atoms with van der Waals surface area (Å²) in [6, 6.07) is 4.13. The van der Waals surface area contributed by atoms with Crippen LogP contribution in [0.3, 0.4) is 0 Å². The molecule has 98 valence electrons. The molecule has 5 nitrogen and oxygen atoms in total. The number of hydrogen-bond acceptors (Lipinski definition) is 7. The van der Waals surface area contributed by atoms with E-state index in [-0.39, 0.29) is 12.0 Å². The molecular weight excluding hydrogens is 272 g/mol. The van der Waals surface area contributed by atoms with E-state index < -0.39 is 0 Å². The molecule has 0 saturated heterocycles. The molecule has 0 spiro atoms. The number of aryl methyl sites for hydroxylation is 1. The van der Waals surface area contributed by atoms with E-state index in [1.807, 2.05) is 13.0 Å². The molecular formula is C11H14N2O3S2. The van der Waals surface area contributed by atoms with Crippen molar-refractivity contribution >= 4 is 22.7 Å². The molecule has 0 amide bonds. The van der Waals surface area contributed by atoms with Gasteiger partial charge in [0.05, 0.1) is 22.7 Å². The first-order chi connectivity index (χ1) is 8.65. The number of rotatable bonds is 6. The van der Waals surface area contributed by atoms with Crippen molar-refractivity contribution in [3.63, 3.8) is 0 Å². The van der Waals surface area contributed by atoms with E-state index in [1.165, 1.54) is 4.88 Å². The van der Waals surface area contributed by atoms with Crippen molar-refractivity contribution in [3.8, 4) is 0 Å². The maximum Gasteiger partial charge on any atom is 0.0983 e. The van der Waals surface area contributed by atoms with Crippen molar-refractivity contribution in [2.75, 3.05) is 6.61 Å². The van der Waals surface area contributed by atoms with Gasteiger partial charge in [0, 0.05) is 22.6 Å². The molecule has 7 heteroatoms. The first-order valence-corrected chi connectivity index (χ1v) is 7.13. The minimum atomic E-state index is -0.261. The van der Waals surface area contributed by atoms with Gasteiger partial charge < -0.3 is 0 Å². The van der Waals surface area contributed by atoms with Crippen LogP contribution in [0.2, 0.25) is 0 Å². The second-order valence-corrected chi connectivity index (χ2v) is 5.91. The summed E-state index contributed by atoms with van der Waals surface area (Å²) in [6.07, 6.45) is 1.47. The van der Waals surface area contributed by atoms with Crippen LogP contribution in [0.15, 0.2) is 17.5 Å². The molecule has 0 aromatic carbocycles. The highest BCUT2D eigenvalue weighted by Gasteiger charge is 2.09. The predicted octanol–water partition coefficient (Wildman–Crippen LogP) is 2.66. The van der Waals surface area contributed by atoms with Gasteiger partial charge in [0.2, 0.25) is 0 Å². The van der Waals surface area contributed by atoms with E-state index in [0.717, 1.165) is 22.0 Å². The van der Waals surface area contributed by atoms with Crippen molar-refractivity contribution in [1.29, 1.82) is 0 Å². The fraction of sp³-hybridized carbons (Fsp3) is 0.364. The molecule has 2 aromatic rings. The lowest BCUT2D eigenvalue weighted by Crippen LogP contribution is -2.16. The molecule has 0 fully saturated rings. The average Bonchev–Trinajstić information content (AvgIpc) is 2.90. The Kier molecular flexibility index (Phi) is 4.81. The van der Waals surface area contributed by atoms with Gasteiger partial charge in [-0.1, -0.05) is 6.07 Å². The fourth-order valence-corrected chi connectivity index (χ4v) is 3.45. The third-order valence-electron chi connectivity index (χ3n) is 2.38. The van der Waals surface area contributed by atoms with Crippen LogP contribution >= 0.6 is 22.7 Å². The number of aromatic nitrogens is 1. The van der Waals surface area contributed by atoms with E-state index in [2.05, 4.69) is 21.3 Å². The lowest BCUT2D eigenvalue weighted by Gasteiger charge is -2.04. The molecule has 0 bridgehead atoms. The summed E-state index contributed by atoms with van der Waals surface area (Å²) < 4.78 is 0. The van der Waals surface area contributed by atoms with Gasteiger partial charge in [-0.15, -0.1) is 22.7 Å². The summed E-state index contributed by atoms with van der Waals surface area (Å²) in [6.45, 7) is 2.17. The van der Waals surface area contributed by atoms with Crippen molar-refractivity contribution < 1.29 is 15.3 Å². The zero-order chi connectivity index (χ0) is 13.0. The summed E-state index contributed by atoms with van der Waals surface area (Å²) >= 11 is 3.37. The quantitative estimate of drug-likeness (QED) is 0.799. The maximum atomic E-state index is 8.43. The van der Waals surface area contributed by atoms with Crippen LogP contribution in [0.25, 0.3) is 0 Å². The summed E-state index contributed by atoms with van der Waals surface area (Å²) in [4.78, 5) is 11.5. The molecule has 2 N–H and O–H groups in total. The molecule has 2 heterocycles. The minimum absolute atomic E-state index is 0.217. The largest absolute Gasteiger partial charge is 0.266 e. The van der Waals surface area contributed by atoms with Crippen LogP contribution in [-0.2, 0) is 17.7 Å². The van der Waals surface area contributed by atoms with E-state index in [9.17, 15) is 0 Å². The molecule has 0 radical (unpaired) electrons.